The Morgan fingerprint density at radius 1 is 0.933 bits per heavy atom. The fourth-order valence-corrected chi connectivity index (χ4v) is 2.11. The number of unbranched alkanes of at least 4 members (excludes halogenated alkanes) is 4. The number of hydrogen-bond acceptors (Lipinski definition) is 5. The first kappa shape index (κ1) is 27.0. The van der Waals surface area contributed by atoms with Crippen molar-refractivity contribution in [1.29, 1.82) is 0 Å². The molecule has 0 saturated heterocycles. The van der Waals surface area contributed by atoms with Gasteiger partial charge in [-0.2, -0.15) is 4.99 Å². The second-order valence-corrected chi connectivity index (χ2v) is 6.30. The van der Waals surface area contributed by atoms with Gasteiger partial charge in [0.25, 0.3) is 0 Å². The van der Waals surface area contributed by atoms with E-state index in [4.69, 9.17) is 9.84 Å². The largest absolute Gasteiger partial charge is 0.449 e. The van der Waals surface area contributed by atoms with E-state index < -0.39 is 0 Å². The van der Waals surface area contributed by atoms with Crippen molar-refractivity contribution in [2.24, 2.45) is 4.99 Å². The van der Waals surface area contributed by atoms with Gasteiger partial charge in [-0.3, -0.25) is 5.32 Å². The highest BCUT2D eigenvalue weighted by atomic mass is 16.5. The summed E-state index contributed by atoms with van der Waals surface area (Å²) in [5.74, 6) is 0. The van der Waals surface area contributed by atoms with E-state index in [-0.39, 0.29) is 6.09 Å². The summed E-state index contributed by atoms with van der Waals surface area (Å²) < 4.78 is 5.00. The van der Waals surface area contributed by atoms with Gasteiger partial charge in [-0.15, -0.1) is 0 Å². The van der Waals surface area contributed by atoms with Crippen LogP contribution in [-0.2, 0) is 9.53 Å². The van der Waals surface area contributed by atoms with E-state index in [2.05, 4.69) is 24.2 Å². The summed E-state index contributed by atoms with van der Waals surface area (Å²) in [6.07, 6.45) is 7.56. The maximum atomic E-state index is 11.2. The minimum Gasteiger partial charge on any atom is -0.449 e. The molecule has 0 aromatic heterocycles. The Morgan fingerprint density at radius 3 is 2.00 bits per heavy atom. The van der Waals surface area contributed by atoms with Crippen LogP contribution in [0.2, 0.25) is 0 Å². The number of nitrogens with one attached hydrogen (secondary N) is 1. The molecule has 0 heterocycles. The molecule has 0 aliphatic carbocycles. The molecule has 6 heteroatoms. The minimum atomic E-state index is -0.377. The SMILES string of the molecule is CCCCCO.CCCCCOC(=O)Nc1ccccc1.O=C=Nc1ccccc1. The Bertz CT molecular complexity index is 683. The lowest BCUT2D eigenvalue weighted by Crippen LogP contribution is -2.14. The average Bonchev–Trinajstić information content (AvgIpc) is 2.78. The Morgan fingerprint density at radius 2 is 1.50 bits per heavy atom. The first-order valence-corrected chi connectivity index (χ1v) is 10.4. The van der Waals surface area contributed by atoms with Gasteiger partial charge >= 0.3 is 6.09 Å². The van der Waals surface area contributed by atoms with Gasteiger partial charge in [0.05, 0.1) is 12.3 Å². The van der Waals surface area contributed by atoms with Gasteiger partial charge in [-0.05, 0) is 37.1 Å². The molecule has 2 N–H and O–H groups in total. The lowest BCUT2D eigenvalue weighted by molar-refractivity contribution is 0.159. The lowest BCUT2D eigenvalue weighted by atomic mass is 10.3. The zero-order valence-corrected chi connectivity index (χ0v) is 18.0. The number of ether oxygens (including phenoxy) is 1. The number of aliphatic imine (C=N–C) groups is 1. The Hall–Kier alpha value is -2.95. The van der Waals surface area contributed by atoms with E-state index in [1.807, 2.05) is 48.5 Å². The van der Waals surface area contributed by atoms with Crippen molar-refractivity contribution in [1.82, 2.24) is 0 Å². The Labute approximate surface area is 180 Å². The van der Waals surface area contributed by atoms with E-state index in [0.29, 0.717) is 18.9 Å². The molecular weight excluding hydrogens is 380 g/mol. The first-order valence-electron chi connectivity index (χ1n) is 10.4. The molecule has 0 saturated carbocycles. The van der Waals surface area contributed by atoms with Crippen molar-refractivity contribution < 1.29 is 19.4 Å². The highest BCUT2D eigenvalue weighted by molar-refractivity contribution is 5.84. The van der Waals surface area contributed by atoms with Crippen molar-refractivity contribution >= 4 is 23.5 Å². The number of aliphatic hydroxyl groups excluding tert-OH is 1. The highest BCUT2D eigenvalue weighted by Gasteiger charge is 2.01. The van der Waals surface area contributed by atoms with Gasteiger partial charge in [0.15, 0.2) is 0 Å². The van der Waals surface area contributed by atoms with Crippen molar-refractivity contribution in [3.63, 3.8) is 0 Å². The van der Waals surface area contributed by atoms with Gasteiger partial charge < -0.3 is 9.84 Å². The molecule has 6 nitrogen and oxygen atoms in total. The first-order chi connectivity index (χ1) is 14.7. The van der Waals surface area contributed by atoms with Crippen molar-refractivity contribution in [2.75, 3.05) is 18.5 Å². The smallest absolute Gasteiger partial charge is 0.411 e. The van der Waals surface area contributed by atoms with Crippen LogP contribution in [0.5, 0.6) is 0 Å². The van der Waals surface area contributed by atoms with Crippen molar-refractivity contribution in [3.8, 4) is 0 Å². The summed E-state index contributed by atoms with van der Waals surface area (Å²) >= 11 is 0. The summed E-state index contributed by atoms with van der Waals surface area (Å²) in [5.41, 5.74) is 1.41. The molecule has 2 aromatic rings. The molecule has 2 rings (SSSR count). The standard InChI is InChI=1S/C12H17NO2.C7H5NO.C5H12O/c1-2-3-7-10-15-12(14)13-11-8-5-4-6-9-11;9-6-8-7-4-2-1-3-5-7;1-2-3-4-5-6/h4-6,8-9H,2-3,7,10H2,1H3,(H,13,14);1-5H;6H,2-5H2,1H3. The second kappa shape index (κ2) is 20.8. The molecule has 0 radical (unpaired) electrons. The summed E-state index contributed by atoms with van der Waals surface area (Å²) in [7, 11) is 0. The van der Waals surface area contributed by atoms with E-state index in [1.165, 1.54) is 12.5 Å². The quantitative estimate of drug-likeness (QED) is 0.288. The monoisotopic (exact) mass is 414 g/mol. The number of aliphatic hydroxyl groups is 1. The maximum absolute atomic E-state index is 11.2. The molecular formula is C24H34N2O4. The van der Waals surface area contributed by atoms with Crippen molar-refractivity contribution in [2.45, 2.75) is 52.4 Å². The summed E-state index contributed by atoms with van der Waals surface area (Å²) in [5, 5.41) is 10.9. The van der Waals surface area contributed by atoms with E-state index in [0.717, 1.165) is 37.8 Å². The van der Waals surface area contributed by atoms with Gasteiger partial charge in [0.2, 0.25) is 6.08 Å². The van der Waals surface area contributed by atoms with Gasteiger partial charge in [-0.1, -0.05) is 75.9 Å². The molecule has 0 fully saturated rings. The Balaban J connectivity index is 0.000000475. The predicted molar refractivity (Wildman–Crippen MR) is 122 cm³/mol. The fraction of sp³-hybridized carbons (Fsp3) is 0.417. The predicted octanol–water partition coefficient (Wildman–Crippen LogP) is 6.25. The summed E-state index contributed by atoms with van der Waals surface area (Å²) in [6, 6.07) is 18.3. The van der Waals surface area contributed by atoms with Crippen LogP contribution < -0.4 is 5.32 Å². The van der Waals surface area contributed by atoms with Crippen LogP contribution in [0, 0.1) is 0 Å². The molecule has 164 valence electrons. The number of benzene rings is 2. The number of rotatable bonds is 9. The summed E-state index contributed by atoms with van der Waals surface area (Å²) in [6.45, 7) is 5.08. The van der Waals surface area contributed by atoms with E-state index >= 15 is 0 Å². The van der Waals surface area contributed by atoms with Gasteiger partial charge in [0, 0.05) is 12.3 Å². The average molecular weight is 415 g/mol. The van der Waals surface area contributed by atoms with E-state index in [1.54, 1.807) is 12.1 Å². The molecule has 0 unspecified atom stereocenters. The number of amides is 1. The number of anilines is 1. The molecule has 0 aliphatic heterocycles. The van der Waals surface area contributed by atoms with Crippen LogP contribution >= 0.6 is 0 Å². The molecule has 1 amide bonds. The van der Waals surface area contributed by atoms with Gasteiger partial charge in [-0.25, -0.2) is 9.59 Å². The highest BCUT2D eigenvalue weighted by Crippen LogP contribution is 2.07. The zero-order chi connectivity index (χ0) is 22.3. The fourth-order valence-electron chi connectivity index (χ4n) is 2.11. The molecule has 0 bridgehead atoms. The van der Waals surface area contributed by atoms with E-state index in [9.17, 15) is 9.59 Å². The Kier molecular flexibility index (Phi) is 18.7. The van der Waals surface area contributed by atoms with Crippen LogP contribution in [0.3, 0.4) is 0 Å². The number of hydrogen-bond donors (Lipinski definition) is 2. The maximum Gasteiger partial charge on any atom is 0.411 e. The third-order valence-electron chi connectivity index (χ3n) is 3.69. The number of para-hydroxylation sites is 2. The third-order valence-corrected chi connectivity index (χ3v) is 3.69. The van der Waals surface area contributed by atoms with Crippen LogP contribution in [0.25, 0.3) is 0 Å². The normalized spacial score (nSPS) is 9.03. The molecule has 2 aromatic carbocycles. The number of carbonyl (C=O) groups excluding carboxylic acids is 2. The number of isocyanates is 1. The minimum absolute atomic E-state index is 0.355. The lowest BCUT2D eigenvalue weighted by Gasteiger charge is -2.06. The third kappa shape index (κ3) is 17.2. The molecule has 30 heavy (non-hydrogen) atoms. The second-order valence-electron chi connectivity index (χ2n) is 6.30. The number of carbonyl (C=O) groups is 1. The molecule has 0 spiro atoms. The summed E-state index contributed by atoms with van der Waals surface area (Å²) in [4.78, 5) is 24.3. The van der Waals surface area contributed by atoms with Crippen LogP contribution in [0.4, 0.5) is 16.2 Å². The van der Waals surface area contributed by atoms with Crippen LogP contribution in [-0.4, -0.2) is 30.5 Å². The van der Waals surface area contributed by atoms with Crippen LogP contribution in [0.1, 0.15) is 52.4 Å². The van der Waals surface area contributed by atoms with Gasteiger partial charge in [0.1, 0.15) is 0 Å². The zero-order valence-electron chi connectivity index (χ0n) is 18.0. The topological polar surface area (TPSA) is 88.0 Å². The molecule has 0 atom stereocenters. The molecule has 0 aliphatic rings. The number of nitrogens with zero attached hydrogens (tertiary/aromatic N) is 1. The van der Waals surface area contributed by atoms with Crippen molar-refractivity contribution in [3.05, 3.63) is 60.7 Å². The van der Waals surface area contributed by atoms with Crippen LogP contribution in [0.15, 0.2) is 65.7 Å².